The molecule has 1 saturated heterocycles. The lowest BCUT2D eigenvalue weighted by atomic mass is 9.89. The molecule has 46 heavy (non-hydrogen) atoms. The maximum Gasteiger partial charge on any atom is 0.404 e. The van der Waals surface area contributed by atoms with Gasteiger partial charge in [-0.25, -0.2) is 9.59 Å². The van der Waals surface area contributed by atoms with E-state index < -0.39 is 59.9 Å². The van der Waals surface area contributed by atoms with E-state index >= 15 is 0 Å². The maximum atomic E-state index is 13.3. The standard InChI is InChI=1S/C33H31Cl2NO10/c1-15-24(43-31-26(39)28(45-32(36)41)29(42-4)33(2,3)46-31)11-9-19-25(38)20(30(40)44-27(15)19)14-23(37)18-7-5-6-16(12-18)17-8-10-21(34)22(35)13-17/h5-13,26,28-29,31,38-39H,14H2,1-4H3,(H2,36,41)/t26-,28+,29-,31-/m1/s1. The molecule has 1 aliphatic rings. The van der Waals surface area contributed by atoms with Crippen molar-refractivity contribution in [3.63, 3.8) is 0 Å². The summed E-state index contributed by atoms with van der Waals surface area (Å²) >= 11 is 12.2. The highest BCUT2D eigenvalue weighted by atomic mass is 35.5. The third kappa shape index (κ3) is 6.42. The number of benzene rings is 3. The number of rotatable bonds is 8. The van der Waals surface area contributed by atoms with Crippen LogP contribution in [-0.2, 0) is 20.6 Å². The summed E-state index contributed by atoms with van der Waals surface area (Å²) < 4.78 is 28.0. The van der Waals surface area contributed by atoms with E-state index in [1.54, 1.807) is 63.2 Å². The van der Waals surface area contributed by atoms with Gasteiger partial charge in [-0.3, -0.25) is 4.79 Å². The number of halogens is 2. The number of Topliss-reactive ketones (excluding diaryl/α,β-unsaturated/α-hetero) is 1. The number of aliphatic hydroxyl groups excluding tert-OH is 1. The smallest absolute Gasteiger partial charge is 0.404 e. The predicted octanol–water partition coefficient (Wildman–Crippen LogP) is 5.56. The molecule has 4 N–H and O–H groups in total. The molecule has 242 valence electrons. The molecule has 11 nitrogen and oxygen atoms in total. The molecule has 0 spiro atoms. The summed E-state index contributed by atoms with van der Waals surface area (Å²) in [7, 11) is 1.37. The van der Waals surface area contributed by atoms with Gasteiger partial charge in [0.25, 0.3) is 0 Å². The second-order valence-electron chi connectivity index (χ2n) is 11.3. The first-order valence-electron chi connectivity index (χ1n) is 14.1. The highest BCUT2D eigenvalue weighted by Crippen LogP contribution is 2.38. The Morgan fingerprint density at radius 1 is 1.04 bits per heavy atom. The summed E-state index contributed by atoms with van der Waals surface area (Å²) in [5.41, 5.74) is 5.07. The number of ketones is 1. The molecule has 0 aliphatic carbocycles. The van der Waals surface area contributed by atoms with Gasteiger partial charge in [0, 0.05) is 24.7 Å². The number of fused-ring (bicyclic) bond motifs is 1. The van der Waals surface area contributed by atoms with Crippen molar-refractivity contribution in [3.05, 3.63) is 91.8 Å². The number of amides is 1. The van der Waals surface area contributed by atoms with Crippen LogP contribution in [0.3, 0.4) is 0 Å². The van der Waals surface area contributed by atoms with Crippen LogP contribution in [0.1, 0.15) is 35.3 Å². The van der Waals surface area contributed by atoms with Crippen LogP contribution in [0.15, 0.2) is 63.8 Å². The Balaban J connectivity index is 1.42. The van der Waals surface area contributed by atoms with E-state index in [1.165, 1.54) is 19.2 Å². The SMILES string of the molecule is CO[C@@H]1[C@@H](OC(N)=O)[C@@H](O)[C@H](Oc2ccc3c(O)c(CC(=O)c4cccc(-c5ccc(Cl)c(Cl)c5)c4)c(=O)oc3c2C)OC1(C)C. The molecule has 0 radical (unpaired) electrons. The summed E-state index contributed by atoms with van der Waals surface area (Å²) in [4.78, 5) is 37.9. The highest BCUT2D eigenvalue weighted by molar-refractivity contribution is 6.42. The molecule has 13 heteroatoms. The Morgan fingerprint density at radius 3 is 2.43 bits per heavy atom. The Hall–Kier alpha value is -4.13. The first-order chi connectivity index (χ1) is 21.7. The minimum atomic E-state index is -1.51. The molecule has 3 aromatic carbocycles. The largest absolute Gasteiger partial charge is 0.507 e. The van der Waals surface area contributed by atoms with Gasteiger partial charge in [0.05, 0.1) is 26.6 Å². The number of hydrogen-bond donors (Lipinski definition) is 3. The molecule has 1 amide bonds. The zero-order valence-corrected chi connectivity index (χ0v) is 26.7. The summed E-state index contributed by atoms with van der Waals surface area (Å²) in [6.45, 7) is 4.91. The van der Waals surface area contributed by atoms with E-state index in [0.29, 0.717) is 26.7 Å². The van der Waals surface area contributed by atoms with Crippen molar-refractivity contribution in [3.8, 4) is 22.6 Å². The number of carbonyl (C=O) groups excluding carboxylic acids is 2. The van der Waals surface area contributed by atoms with Crippen LogP contribution in [0.5, 0.6) is 11.5 Å². The molecular formula is C33H31Cl2NO10. The molecule has 1 aliphatic heterocycles. The van der Waals surface area contributed by atoms with E-state index in [0.717, 1.165) is 5.56 Å². The monoisotopic (exact) mass is 671 g/mol. The van der Waals surface area contributed by atoms with Gasteiger partial charge in [-0.05, 0) is 62.2 Å². The molecule has 0 bridgehead atoms. The van der Waals surface area contributed by atoms with Crippen LogP contribution < -0.4 is 16.1 Å². The summed E-state index contributed by atoms with van der Waals surface area (Å²) in [5, 5.41) is 23.0. The molecule has 0 saturated carbocycles. The predicted molar refractivity (Wildman–Crippen MR) is 170 cm³/mol. The second kappa shape index (κ2) is 12.9. The number of methoxy groups -OCH3 is 1. The minimum Gasteiger partial charge on any atom is -0.507 e. The lowest BCUT2D eigenvalue weighted by Crippen LogP contribution is -2.65. The average Bonchev–Trinajstić information content (AvgIpc) is 3.00. The fourth-order valence-electron chi connectivity index (χ4n) is 5.57. The Morgan fingerprint density at radius 2 is 1.76 bits per heavy atom. The van der Waals surface area contributed by atoms with Crippen LogP contribution in [0.25, 0.3) is 22.1 Å². The number of aliphatic hydroxyl groups is 1. The number of primary amides is 1. The van der Waals surface area contributed by atoms with E-state index in [9.17, 15) is 24.6 Å². The summed E-state index contributed by atoms with van der Waals surface area (Å²) in [5.74, 6) is -0.692. The molecule has 1 fully saturated rings. The van der Waals surface area contributed by atoms with Gasteiger partial charge in [0.15, 0.2) is 18.0 Å². The van der Waals surface area contributed by atoms with Gasteiger partial charge in [-0.1, -0.05) is 47.5 Å². The first-order valence-corrected chi connectivity index (χ1v) is 14.9. The summed E-state index contributed by atoms with van der Waals surface area (Å²) in [6.07, 6.45) is -6.49. The zero-order chi connectivity index (χ0) is 33.5. The van der Waals surface area contributed by atoms with Crippen LogP contribution >= 0.6 is 23.2 Å². The van der Waals surface area contributed by atoms with E-state index in [2.05, 4.69) is 0 Å². The molecule has 4 atom stereocenters. The molecule has 2 heterocycles. The topological polar surface area (TPSA) is 168 Å². The van der Waals surface area contributed by atoms with Crippen molar-refractivity contribution in [2.75, 3.05) is 7.11 Å². The normalized spacial score (nSPS) is 20.8. The molecule has 0 unspecified atom stereocenters. The quantitative estimate of drug-likeness (QED) is 0.159. The van der Waals surface area contributed by atoms with Crippen LogP contribution in [0.4, 0.5) is 4.79 Å². The zero-order valence-electron chi connectivity index (χ0n) is 25.2. The van der Waals surface area contributed by atoms with Gasteiger partial charge in [-0.2, -0.15) is 0 Å². The van der Waals surface area contributed by atoms with Gasteiger partial charge >= 0.3 is 11.7 Å². The number of nitrogens with two attached hydrogens (primary N) is 1. The number of hydrogen-bond acceptors (Lipinski definition) is 10. The van der Waals surface area contributed by atoms with E-state index in [-0.39, 0.29) is 22.3 Å². The lowest BCUT2D eigenvalue weighted by Gasteiger charge is -2.47. The van der Waals surface area contributed by atoms with E-state index in [4.69, 9.17) is 52.3 Å². The van der Waals surface area contributed by atoms with Crippen LogP contribution in [0.2, 0.25) is 10.0 Å². The minimum absolute atomic E-state index is 0.00192. The average molecular weight is 673 g/mol. The molecule has 1 aromatic heterocycles. The fourth-order valence-corrected chi connectivity index (χ4v) is 5.87. The van der Waals surface area contributed by atoms with Gasteiger partial charge in [-0.15, -0.1) is 0 Å². The van der Waals surface area contributed by atoms with Crippen molar-refractivity contribution in [2.24, 2.45) is 5.73 Å². The molecule has 4 aromatic rings. The van der Waals surface area contributed by atoms with Crippen molar-refractivity contribution < 1.29 is 43.2 Å². The highest BCUT2D eigenvalue weighted by Gasteiger charge is 2.53. The second-order valence-corrected chi connectivity index (χ2v) is 12.2. The number of aryl methyl sites for hydroxylation is 1. The third-order valence-electron chi connectivity index (χ3n) is 7.88. The number of carbonyl (C=O) groups is 2. The van der Waals surface area contributed by atoms with Crippen LogP contribution in [-0.4, -0.2) is 59.4 Å². The summed E-state index contributed by atoms with van der Waals surface area (Å²) in [6, 6.07) is 14.8. The van der Waals surface area contributed by atoms with E-state index in [1.807, 2.05) is 0 Å². The Bertz CT molecular complexity index is 1890. The lowest BCUT2D eigenvalue weighted by molar-refractivity contribution is -0.304. The van der Waals surface area contributed by atoms with Crippen molar-refractivity contribution in [2.45, 2.75) is 57.4 Å². The number of aromatic hydroxyl groups is 1. The van der Waals surface area contributed by atoms with Crippen molar-refractivity contribution in [1.82, 2.24) is 0 Å². The van der Waals surface area contributed by atoms with Crippen molar-refractivity contribution in [1.29, 1.82) is 0 Å². The van der Waals surface area contributed by atoms with Crippen LogP contribution in [0, 0.1) is 6.92 Å². The molecule has 5 rings (SSSR count). The Kier molecular flexibility index (Phi) is 9.35. The molecular weight excluding hydrogens is 641 g/mol. The van der Waals surface area contributed by atoms with Gasteiger partial charge < -0.3 is 39.3 Å². The Labute approximate surface area is 273 Å². The van der Waals surface area contributed by atoms with Crippen molar-refractivity contribution >= 4 is 46.0 Å². The van der Waals surface area contributed by atoms with Gasteiger partial charge in [0.2, 0.25) is 6.29 Å². The maximum absolute atomic E-state index is 13.3. The van der Waals surface area contributed by atoms with Gasteiger partial charge in [0.1, 0.15) is 23.2 Å². The third-order valence-corrected chi connectivity index (χ3v) is 8.62. The fraction of sp³-hybridized carbons (Fsp3) is 0.303. The number of ether oxygens (including phenoxy) is 4. The first kappa shape index (κ1) is 33.2.